The van der Waals surface area contributed by atoms with E-state index in [9.17, 15) is 4.21 Å². The lowest BCUT2D eigenvalue weighted by Crippen LogP contribution is -1.96. The highest BCUT2D eigenvalue weighted by molar-refractivity contribution is 7.84. The van der Waals surface area contributed by atoms with E-state index in [1.165, 1.54) is 6.33 Å². The molecule has 0 amide bonds. The van der Waals surface area contributed by atoms with Gasteiger partial charge in [-0.15, -0.1) is 0 Å². The first-order valence-corrected chi connectivity index (χ1v) is 4.77. The largest absolute Gasteiger partial charge is 0.310 e. The molecule has 1 aromatic rings. The number of nitrogens with zero attached hydrogens (tertiary/aromatic N) is 3. The van der Waals surface area contributed by atoms with Crippen molar-refractivity contribution in [1.29, 1.82) is 0 Å². The molecule has 0 aromatic carbocycles. The van der Waals surface area contributed by atoms with Gasteiger partial charge in [-0.2, -0.15) is 0 Å². The highest BCUT2D eigenvalue weighted by Gasteiger charge is 2.02. The van der Waals surface area contributed by atoms with Crippen molar-refractivity contribution in [3.8, 4) is 0 Å². The maximum Gasteiger partial charge on any atom is 0.256 e. The molecule has 0 saturated heterocycles. The molecule has 12 heavy (non-hydrogen) atoms. The Bertz CT molecular complexity index is 345. The Balaban J connectivity index is 2.97. The van der Waals surface area contributed by atoms with E-state index in [-0.39, 0.29) is 6.54 Å². The monoisotopic (exact) mass is 181 g/mol. The molecule has 0 bridgehead atoms. The molecule has 1 unspecified atom stereocenters. The molecule has 1 rings (SSSR count). The fourth-order valence-electron chi connectivity index (χ4n) is 0.702. The van der Waals surface area contributed by atoms with E-state index >= 15 is 0 Å². The van der Waals surface area contributed by atoms with Gasteiger partial charge in [-0.05, 0) is 0 Å². The molecule has 5 heteroatoms. The highest BCUT2D eigenvalue weighted by Crippen LogP contribution is 2.02. The Hall–Kier alpha value is -1.28. The topological polar surface area (TPSA) is 47.2 Å². The maximum atomic E-state index is 10.9. The molecule has 0 aliphatic carbocycles. The zero-order chi connectivity index (χ0) is 8.97. The van der Waals surface area contributed by atoms with E-state index in [2.05, 4.69) is 14.8 Å². The van der Waals surface area contributed by atoms with E-state index in [1.54, 1.807) is 12.3 Å². The van der Waals surface area contributed by atoms with Crippen LogP contribution in [0.2, 0.25) is 0 Å². The molecule has 0 saturated carbocycles. The van der Waals surface area contributed by atoms with Crippen LogP contribution in [-0.2, 0) is 17.3 Å². The van der Waals surface area contributed by atoms with E-state index in [1.807, 2.05) is 0 Å². The van der Waals surface area contributed by atoms with E-state index in [0.717, 1.165) is 0 Å². The lowest BCUT2D eigenvalue weighted by atomic mass is 10.4. The van der Waals surface area contributed by atoms with Crippen LogP contribution >= 0.6 is 0 Å². The number of hydrogen-bond acceptors (Lipinski definition) is 3. The summed E-state index contributed by atoms with van der Waals surface area (Å²) in [6.45, 7) is 6.82. The van der Waals surface area contributed by atoms with Gasteiger partial charge in [0.25, 0.3) is 6.54 Å². The number of hydrogen-bond donors (Lipinski definition) is 0. The summed E-state index contributed by atoms with van der Waals surface area (Å²) < 4.78 is 10.9. The van der Waals surface area contributed by atoms with Crippen molar-refractivity contribution in [2.45, 2.75) is 11.6 Å². The summed E-state index contributed by atoms with van der Waals surface area (Å²) in [6, 6.07) is 1.59. The normalized spacial score (nSPS) is 12.0. The van der Waals surface area contributed by atoms with Gasteiger partial charge < -0.3 is 4.85 Å². The zero-order valence-electron chi connectivity index (χ0n) is 6.52. The molecule has 0 aliphatic heterocycles. The minimum absolute atomic E-state index is 0.215. The van der Waals surface area contributed by atoms with Crippen molar-refractivity contribution in [2.24, 2.45) is 0 Å². The van der Waals surface area contributed by atoms with Crippen LogP contribution in [0.1, 0.15) is 5.69 Å². The molecule has 1 aromatic heterocycles. The van der Waals surface area contributed by atoms with Crippen LogP contribution in [0.5, 0.6) is 0 Å². The molecular formula is C7H7N3OS. The van der Waals surface area contributed by atoms with Crippen LogP contribution in [0.3, 0.4) is 0 Å². The first-order valence-electron chi connectivity index (χ1n) is 3.21. The smallest absolute Gasteiger partial charge is 0.256 e. The minimum atomic E-state index is -1.10. The van der Waals surface area contributed by atoms with Gasteiger partial charge in [0.2, 0.25) is 0 Å². The fourth-order valence-corrected chi connectivity index (χ4v) is 1.20. The predicted octanol–water partition coefficient (Wildman–Crippen LogP) is 0.633. The van der Waals surface area contributed by atoms with Gasteiger partial charge in [0.1, 0.15) is 17.0 Å². The summed E-state index contributed by atoms with van der Waals surface area (Å²) in [7, 11) is -1.10. The first kappa shape index (κ1) is 8.81. The van der Waals surface area contributed by atoms with Crippen molar-refractivity contribution in [2.75, 3.05) is 6.26 Å². The molecule has 0 fully saturated rings. The third kappa shape index (κ3) is 2.10. The number of aromatic nitrogens is 2. The van der Waals surface area contributed by atoms with Gasteiger partial charge in [0.05, 0.1) is 10.8 Å². The van der Waals surface area contributed by atoms with E-state index in [4.69, 9.17) is 6.57 Å². The second-order valence-electron chi connectivity index (χ2n) is 2.12. The van der Waals surface area contributed by atoms with Gasteiger partial charge in [-0.3, -0.25) is 4.21 Å². The van der Waals surface area contributed by atoms with Gasteiger partial charge in [0.15, 0.2) is 0 Å². The third-order valence-corrected chi connectivity index (χ3v) is 2.05. The van der Waals surface area contributed by atoms with Crippen molar-refractivity contribution in [3.05, 3.63) is 29.5 Å². The summed E-state index contributed by atoms with van der Waals surface area (Å²) >= 11 is 0. The molecule has 62 valence electrons. The van der Waals surface area contributed by atoms with Gasteiger partial charge in [-0.25, -0.2) is 16.5 Å². The summed E-state index contributed by atoms with van der Waals surface area (Å²) in [4.78, 5) is 10.8. The van der Waals surface area contributed by atoms with Crippen LogP contribution in [0, 0.1) is 6.57 Å². The number of rotatable bonds is 2. The van der Waals surface area contributed by atoms with Crippen LogP contribution in [0.15, 0.2) is 17.4 Å². The lowest BCUT2D eigenvalue weighted by molar-refractivity contribution is 0.683. The summed E-state index contributed by atoms with van der Waals surface area (Å²) in [6.07, 6.45) is 2.88. The Morgan fingerprint density at radius 3 is 3.00 bits per heavy atom. The second-order valence-corrected chi connectivity index (χ2v) is 3.44. The fraction of sp³-hybridized carbons (Fsp3) is 0.286. The van der Waals surface area contributed by atoms with Crippen LogP contribution < -0.4 is 0 Å². The van der Waals surface area contributed by atoms with Crippen molar-refractivity contribution < 1.29 is 4.21 Å². The van der Waals surface area contributed by atoms with Crippen LogP contribution in [-0.4, -0.2) is 20.4 Å². The molecule has 0 N–H and O–H groups in total. The van der Waals surface area contributed by atoms with Crippen LogP contribution in [0.4, 0.5) is 0 Å². The summed E-state index contributed by atoms with van der Waals surface area (Å²) in [5.41, 5.74) is 0.616. The second kappa shape index (κ2) is 3.93. The maximum absolute atomic E-state index is 10.9. The molecule has 0 spiro atoms. The Morgan fingerprint density at radius 1 is 1.67 bits per heavy atom. The Labute approximate surface area is 72.9 Å². The Kier molecular flexibility index (Phi) is 2.88. The predicted molar refractivity (Wildman–Crippen MR) is 44.7 cm³/mol. The van der Waals surface area contributed by atoms with Crippen LogP contribution in [0.25, 0.3) is 4.85 Å². The third-order valence-electron chi connectivity index (χ3n) is 1.23. The quantitative estimate of drug-likeness (QED) is 0.496. The average molecular weight is 181 g/mol. The highest BCUT2D eigenvalue weighted by atomic mass is 32.2. The van der Waals surface area contributed by atoms with Gasteiger partial charge in [0, 0.05) is 12.3 Å². The van der Waals surface area contributed by atoms with Crippen molar-refractivity contribution in [3.63, 3.8) is 0 Å². The molecule has 0 radical (unpaired) electrons. The van der Waals surface area contributed by atoms with Gasteiger partial charge >= 0.3 is 0 Å². The SMILES string of the molecule is [C-]#[N+]Cc1cc(S(C)=O)ncn1. The van der Waals surface area contributed by atoms with E-state index in [0.29, 0.717) is 10.7 Å². The summed E-state index contributed by atoms with van der Waals surface area (Å²) in [5, 5.41) is 0.476. The Morgan fingerprint density at radius 2 is 2.42 bits per heavy atom. The lowest BCUT2D eigenvalue weighted by Gasteiger charge is -1.94. The average Bonchev–Trinajstić information content (AvgIpc) is 2.05. The molecule has 1 atom stereocenters. The molecule has 0 aliphatic rings. The van der Waals surface area contributed by atoms with E-state index < -0.39 is 10.8 Å². The van der Waals surface area contributed by atoms with Crippen molar-refractivity contribution >= 4 is 10.8 Å². The zero-order valence-corrected chi connectivity index (χ0v) is 7.34. The molecular weight excluding hydrogens is 174 g/mol. The molecule has 4 nitrogen and oxygen atoms in total. The van der Waals surface area contributed by atoms with Gasteiger partial charge in [-0.1, -0.05) is 0 Å². The standard InChI is InChI=1S/C7H7N3OS/c1-8-4-6-3-7(12(2)11)10-5-9-6/h3,5H,4H2,2H3. The minimum Gasteiger partial charge on any atom is -0.310 e. The first-order chi connectivity index (χ1) is 5.74. The summed E-state index contributed by atoms with van der Waals surface area (Å²) in [5.74, 6) is 0. The molecule has 1 heterocycles. The van der Waals surface area contributed by atoms with Crippen molar-refractivity contribution in [1.82, 2.24) is 9.97 Å².